The number of rotatable bonds is 5. The molecule has 78 valence electrons. The van der Waals surface area contributed by atoms with E-state index >= 15 is 0 Å². The normalized spacial score (nSPS) is 9.80. The Hall–Kier alpha value is 0.536. The van der Waals surface area contributed by atoms with Crippen LogP contribution < -0.4 is 56.7 Å². The number of hydrogen-bond donors (Lipinski definition) is 2. The molecule has 0 radical (unpaired) electrons. The van der Waals surface area contributed by atoms with Crippen LogP contribution in [0.1, 0.15) is 30.8 Å². The van der Waals surface area contributed by atoms with Crippen LogP contribution in [0.25, 0.3) is 0 Å². The Bertz CT molecular complexity index is 315. The van der Waals surface area contributed by atoms with Gasteiger partial charge in [0.15, 0.2) is 10.8 Å². The van der Waals surface area contributed by atoms with Gasteiger partial charge in [0.1, 0.15) is 0 Å². The average molecular weight is 253 g/mol. The summed E-state index contributed by atoms with van der Waals surface area (Å²) in [6.07, 6.45) is 1.06. The third kappa shape index (κ3) is 5.99. The van der Waals surface area contributed by atoms with Gasteiger partial charge in [-0.15, -0.1) is 11.3 Å². The quantitative estimate of drug-likeness (QED) is 0.682. The average Bonchev–Trinajstić information content (AvgIpc) is 2.52. The second-order valence-electron chi connectivity index (χ2n) is 3.45. The number of thiazole rings is 1. The molecule has 0 bridgehead atoms. The van der Waals surface area contributed by atoms with Gasteiger partial charge >= 0.3 is 57.4 Å². The van der Waals surface area contributed by atoms with Crippen molar-refractivity contribution in [3.8, 4) is 0 Å². The summed E-state index contributed by atoms with van der Waals surface area (Å²) in [5.74, 6) is -0.334. The van der Waals surface area contributed by atoms with Crippen molar-refractivity contribution in [2.45, 2.75) is 20.3 Å². The first-order valence-corrected chi connectivity index (χ1v) is 5.40. The van der Waals surface area contributed by atoms with Crippen molar-refractivity contribution in [3.05, 3.63) is 11.1 Å². The van der Waals surface area contributed by atoms with Crippen molar-refractivity contribution < 1.29 is 61.3 Å². The molecular formula is C9H14KN2O2S+. The van der Waals surface area contributed by atoms with Crippen LogP contribution in [0.15, 0.2) is 5.38 Å². The largest absolute Gasteiger partial charge is 1.00 e. The molecule has 0 saturated carbocycles. The summed E-state index contributed by atoms with van der Waals surface area (Å²) in [6, 6.07) is 0. The summed E-state index contributed by atoms with van der Waals surface area (Å²) in [6.45, 7) is 5.13. The molecule has 0 aliphatic heterocycles. The molecule has 6 heteroatoms. The molecule has 15 heavy (non-hydrogen) atoms. The number of nitrogens with zero attached hydrogens (tertiary/aromatic N) is 1. The molecule has 0 atom stereocenters. The molecule has 1 heterocycles. The van der Waals surface area contributed by atoms with Crippen LogP contribution >= 0.6 is 11.3 Å². The number of aromatic nitrogens is 1. The molecule has 0 aliphatic rings. The number of carboxylic acids is 1. The van der Waals surface area contributed by atoms with E-state index in [2.05, 4.69) is 24.1 Å². The van der Waals surface area contributed by atoms with Crippen LogP contribution in [0.2, 0.25) is 0 Å². The van der Waals surface area contributed by atoms with E-state index in [1.807, 2.05) is 0 Å². The summed E-state index contributed by atoms with van der Waals surface area (Å²) in [4.78, 5) is 14.4. The van der Waals surface area contributed by atoms with E-state index in [1.54, 1.807) is 5.38 Å². The molecule has 0 aliphatic carbocycles. The van der Waals surface area contributed by atoms with Crippen molar-refractivity contribution in [1.29, 1.82) is 0 Å². The minimum absolute atomic E-state index is 0. The number of aromatic carboxylic acids is 1. The van der Waals surface area contributed by atoms with E-state index in [-0.39, 0.29) is 57.1 Å². The molecule has 0 aromatic carbocycles. The predicted molar refractivity (Wildman–Crippen MR) is 57.0 cm³/mol. The van der Waals surface area contributed by atoms with Crippen LogP contribution in [0.4, 0.5) is 5.13 Å². The van der Waals surface area contributed by atoms with Crippen molar-refractivity contribution in [1.82, 2.24) is 4.98 Å². The van der Waals surface area contributed by atoms with Crippen LogP contribution in [0.5, 0.6) is 0 Å². The number of nitrogens with one attached hydrogen (secondary N) is 1. The molecule has 0 fully saturated rings. The van der Waals surface area contributed by atoms with Gasteiger partial charge in [-0.3, -0.25) is 0 Å². The predicted octanol–water partition coefficient (Wildman–Crippen LogP) is -0.697. The van der Waals surface area contributed by atoms with E-state index in [1.165, 1.54) is 11.3 Å². The molecular weight excluding hydrogens is 239 g/mol. The van der Waals surface area contributed by atoms with Crippen LogP contribution in [-0.2, 0) is 0 Å². The number of anilines is 1. The number of hydrogen-bond acceptors (Lipinski definition) is 4. The fourth-order valence-corrected chi connectivity index (χ4v) is 1.63. The molecule has 4 nitrogen and oxygen atoms in total. The van der Waals surface area contributed by atoms with Gasteiger partial charge in [-0.25, -0.2) is 9.78 Å². The topological polar surface area (TPSA) is 62.2 Å². The fourth-order valence-electron chi connectivity index (χ4n) is 0.921. The first-order chi connectivity index (χ1) is 6.59. The monoisotopic (exact) mass is 253 g/mol. The van der Waals surface area contributed by atoms with Gasteiger partial charge in [0.2, 0.25) is 0 Å². The number of carboxylic acid groups (broad SMARTS) is 1. The van der Waals surface area contributed by atoms with E-state index in [0.717, 1.165) is 13.0 Å². The Labute approximate surface area is 136 Å². The van der Waals surface area contributed by atoms with Crippen LogP contribution in [0, 0.1) is 5.92 Å². The Morgan fingerprint density at radius 1 is 1.67 bits per heavy atom. The smallest absolute Gasteiger partial charge is 0.476 e. The zero-order valence-corrected chi connectivity index (χ0v) is 13.2. The van der Waals surface area contributed by atoms with Gasteiger partial charge in [-0.1, -0.05) is 13.8 Å². The summed E-state index contributed by atoms with van der Waals surface area (Å²) >= 11 is 1.33. The van der Waals surface area contributed by atoms with Crippen molar-refractivity contribution in [3.63, 3.8) is 0 Å². The van der Waals surface area contributed by atoms with Gasteiger partial charge in [0.25, 0.3) is 0 Å². The summed E-state index contributed by atoms with van der Waals surface area (Å²) < 4.78 is 0. The fraction of sp³-hybridized carbons (Fsp3) is 0.556. The van der Waals surface area contributed by atoms with E-state index in [9.17, 15) is 4.79 Å². The Morgan fingerprint density at radius 3 is 2.80 bits per heavy atom. The van der Waals surface area contributed by atoms with E-state index in [4.69, 9.17) is 5.11 Å². The molecule has 1 aromatic heterocycles. The van der Waals surface area contributed by atoms with Gasteiger partial charge in [0.05, 0.1) is 0 Å². The molecule has 0 spiro atoms. The van der Waals surface area contributed by atoms with Crippen molar-refractivity contribution in [2.24, 2.45) is 5.92 Å². The summed E-state index contributed by atoms with van der Waals surface area (Å²) in [7, 11) is 0. The minimum Gasteiger partial charge on any atom is -0.476 e. The zero-order chi connectivity index (χ0) is 10.6. The van der Waals surface area contributed by atoms with Crippen molar-refractivity contribution >= 4 is 22.4 Å². The molecule has 2 N–H and O–H groups in total. The molecule has 0 saturated heterocycles. The maximum absolute atomic E-state index is 10.5. The van der Waals surface area contributed by atoms with E-state index in [0.29, 0.717) is 11.0 Å². The molecule has 0 amide bonds. The van der Waals surface area contributed by atoms with Gasteiger partial charge in [-0.2, -0.15) is 0 Å². The van der Waals surface area contributed by atoms with Gasteiger partial charge < -0.3 is 10.4 Å². The van der Waals surface area contributed by atoms with Crippen LogP contribution in [0.3, 0.4) is 0 Å². The second-order valence-corrected chi connectivity index (χ2v) is 4.31. The zero-order valence-electron chi connectivity index (χ0n) is 9.28. The van der Waals surface area contributed by atoms with E-state index < -0.39 is 5.97 Å². The molecule has 0 unspecified atom stereocenters. The Balaban J connectivity index is 0.00000196. The number of carbonyl (C=O) groups is 1. The van der Waals surface area contributed by atoms with Gasteiger partial charge in [0, 0.05) is 11.9 Å². The third-order valence-electron chi connectivity index (χ3n) is 1.72. The standard InChI is InChI=1S/C9H14N2O2S.K/c1-6(2)3-4-10-9-11-7(5-14-9)8(12)13;/h5-6H,3-4H2,1-2H3,(H,10,11)(H,12,13);/q;+1. The second kappa shape index (κ2) is 7.75. The SMILES string of the molecule is CC(C)CCNc1nc(C(=O)O)cs1.[K+]. The summed E-state index contributed by atoms with van der Waals surface area (Å²) in [5, 5.41) is 13.9. The van der Waals surface area contributed by atoms with Crippen molar-refractivity contribution in [2.75, 3.05) is 11.9 Å². The Kier molecular flexibility index (Phi) is 8.03. The molecule has 1 rings (SSSR count). The first kappa shape index (κ1) is 15.5. The third-order valence-corrected chi connectivity index (χ3v) is 2.52. The molecule has 1 aromatic rings. The first-order valence-electron chi connectivity index (χ1n) is 4.52. The van der Waals surface area contributed by atoms with Gasteiger partial charge in [-0.05, 0) is 12.3 Å². The summed E-state index contributed by atoms with van der Waals surface area (Å²) in [5.41, 5.74) is 0.113. The maximum Gasteiger partial charge on any atom is 1.00 e. The van der Waals surface area contributed by atoms with Crippen LogP contribution in [-0.4, -0.2) is 22.6 Å². The maximum atomic E-state index is 10.5. The Morgan fingerprint density at radius 2 is 2.33 bits per heavy atom. The minimum atomic E-state index is -0.974.